The average molecular weight is 207 g/mol. The highest BCUT2D eigenvalue weighted by Gasteiger charge is 2.05. The number of carbonyl (C=O) groups is 1. The van der Waals surface area contributed by atoms with Crippen LogP contribution in [0.25, 0.3) is 0 Å². The first-order chi connectivity index (χ1) is 7.13. The summed E-state index contributed by atoms with van der Waals surface area (Å²) in [6.07, 6.45) is -0.198. The number of primary amides is 1. The summed E-state index contributed by atoms with van der Waals surface area (Å²) in [5, 5.41) is 7.38. The second-order valence-corrected chi connectivity index (χ2v) is 2.99. The SMILES string of the molecule is N=C(OC(N)=O)c1ccc(CCN)cc1. The smallest absolute Gasteiger partial charge is 0.391 e. The molecule has 0 atom stereocenters. The molecule has 0 saturated carbocycles. The monoisotopic (exact) mass is 207 g/mol. The fourth-order valence-electron chi connectivity index (χ4n) is 1.15. The predicted octanol–water partition coefficient (Wildman–Crippen LogP) is 0.608. The summed E-state index contributed by atoms with van der Waals surface area (Å²) >= 11 is 0. The molecule has 0 unspecified atom stereocenters. The van der Waals surface area contributed by atoms with E-state index < -0.39 is 6.09 Å². The molecule has 0 heterocycles. The van der Waals surface area contributed by atoms with E-state index >= 15 is 0 Å². The standard InChI is InChI=1S/C10H13N3O2/c11-6-5-7-1-3-8(4-2-7)9(12)15-10(13)14/h1-4,12H,5-6,11H2,(H2,13,14). The highest BCUT2D eigenvalue weighted by Crippen LogP contribution is 2.06. The van der Waals surface area contributed by atoms with Gasteiger partial charge in [0.2, 0.25) is 5.90 Å². The van der Waals surface area contributed by atoms with Crippen molar-refractivity contribution in [2.45, 2.75) is 6.42 Å². The highest BCUT2D eigenvalue weighted by molar-refractivity contribution is 5.97. The number of nitrogens with one attached hydrogen (secondary N) is 1. The Labute approximate surface area is 87.5 Å². The third kappa shape index (κ3) is 3.40. The largest absolute Gasteiger partial charge is 0.411 e. The molecule has 1 aromatic rings. The van der Waals surface area contributed by atoms with Crippen molar-refractivity contribution in [2.75, 3.05) is 6.54 Å². The van der Waals surface area contributed by atoms with Gasteiger partial charge >= 0.3 is 6.09 Å². The summed E-state index contributed by atoms with van der Waals surface area (Å²) in [5.41, 5.74) is 11.8. The van der Waals surface area contributed by atoms with Crippen molar-refractivity contribution in [1.29, 1.82) is 5.41 Å². The number of rotatable bonds is 3. The first-order valence-electron chi connectivity index (χ1n) is 4.48. The zero-order valence-corrected chi connectivity index (χ0v) is 8.19. The molecule has 0 aliphatic heterocycles. The van der Waals surface area contributed by atoms with Gasteiger partial charge in [-0.15, -0.1) is 0 Å². The minimum Gasteiger partial charge on any atom is -0.391 e. The third-order valence-electron chi connectivity index (χ3n) is 1.85. The molecule has 0 fully saturated rings. The zero-order valence-electron chi connectivity index (χ0n) is 8.19. The number of carbonyl (C=O) groups excluding carboxylic acids is 1. The Hall–Kier alpha value is -1.88. The van der Waals surface area contributed by atoms with Crippen LogP contribution in [-0.2, 0) is 11.2 Å². The Balaban J connectivity index is 2.71. The van der Waals surface area contributed by atoms with E-state index in [2.05, 4.69) is 4.74 Å². The molecule has 5 nitrogen and oxygen atoms in total. The summed E-state index contributed by atoms with van der Waals surface area (Å²) in [6.45, 7) is 0.578. The van der Waals surface area contributed by atoms with Gasteiger partial charge < -0.3 is 16.2 Å². The molecule has 1 amide bonds. The maximum absolute atomic E-state index is 10.4. The van der Waals surface area contributed by atoms with E-state index in [0.717, 1.165) is 12.0 Å². The molecule has 1 rings (SSSR count). The minimum absolute atomic E-state index is 0.248. The lowest BCUT2D eigenvalue weighted by Gasteiger charge is -2.04. The number of hydrogen-bond acceptors (Lipinski definition) is 4. The van der Waals surface area contributed by atoms with Crippen molar-refractivity contribution < 1.29 is 9.53 Å². The molecule has 0 aromatic heterocycles. The van der Waals surface area contributed by atoms with Crippen LogP contribution in [0.5, 0.6) is 0 Å². The van der Waals surface area contributed by atoms with Crippen molar-refractivity contribution in [3.63, 3.8) is 0 Å². The van der Waals surface area contributed by atoms with Crippen molar-refractivity contribution in [3.8, 4) is 0 Å². The van der Waals surface area contributed by atoms with Gasteiger partial charge in [-0.05, 0) is 30.7 Å². The molecular weight excluding hydrogens is 194 g/mol. The molecule has 0 bridgehead atoms. The van der Waals surface area contributed by atoms with Gasteiger partial charge in [0.25, 0.3) is 0 Å². The molecule has 0 radical (unpaired) electrons. The minimum atomic E-state index is -0.981. The van der Waals surface area contributed by atoms with Gasteiger partial charge in [0.1, 0.15) is 0 Å². The molecule has 0 aliphatic carbocycles. The average Bonchev–Trinajstić information content (AvgIpc) is 2.18. The lowest BCUT2D eigenvalue weighted by atomic mass is 10.1. The fourth-order valence-corrected chi connectivity index (χ4v) is 1.15. The van der Waals surface area contributed by atoms with Gasteiger partial charge in [0, 0.05) is 5.56 Å². The number of benzene rings is 1. The van der Waals surface area contributed by atoms with Crippen LogP contribution in [0.3, 0.4) is 0 Å². The van der Waals surface area contributed by atoms with Crippen LogP contribution in [-0.4, -0.2) is 18.5 Å². The first kappa shape index (κ1) is 11.2. The van der Waals surface area contributed by atoms with Gasteiger partial charge in [-0.2, -0.15) is 0 Å². The number of ether oxygens (including phenoxy) is 1. The summed E-state index contributed by atoms with van der Waals surface area (Å²) < 4.78 is 4.43. The summed E-state index contributed by atoms with van der Waals surface area (Å²) in [6, 6.07) is 7.05. The van der Waals surface area contributed by atoms with Gasteiger partial charge in [-0.1, -0.05) is 12.1 Å². The lowest BCUT2D eigenvalue weighted by Crippen LogP contribution is -2.18. The molecule has 5 N–H and O–H groups in total. The van der Waals surface area contributed by atoms with Crippen molar-refractivity contribution >= 4 is 12.0 Å². The maximum atomic E-state index is 10.4. The first-order valence-corrected chi connectivity index (χ1v) is 4.48. The van der Waals surface area contributed by atoms with E-state index in [4.69, 9.17) is 16.9 Å². The van der Waals surface area contributed by atoms with Gasteiger partial charge in [-0.3, -0.25) is 5.41 Å². The lowest BCUT2D eigenvalue weighted by molar-refractivity contribution is 0.208. The van der Waals surface area contributed by atoms with E-state index in [0.29, 0.717) is 12.1 Å². The Kier molecular flexibility index (Phi) is 3.82. The van der Waals surface area contributed by atoms with E-state index in [1.165, 1.54) is 0 Å². The summed E-state index contributed by atoms with van der Waals surface area (Å²) in [4.78, 5) is 10.4. The van der Waals surface area contributed by atoms with Crippen LogP contribution in [0.2, 0.25) is 0 Å². The molecule has 0 aliphatic rings. The van der Waals surface area contributed by atoms with Gasteiger partial charge in [-0.25, -0.2) is 4.79 Å². The number of hydrogen-bond donors (Lipinski definition) is 3. The number of amides is 1. The third-order valence-corrected chi connectivity index (χ3v) is 1.85. The van der Waals surface area contributed by atoms with E-state index in [-0.39, 0.29) is 5.90 Å². The topological polar surface area (TPSA) is 102 Å². The van der Waals surface area contributed by atoms with Crippen LogP contribution < -0.4 is 11.5 Å². The van der Waals surface area contributed by atoms with Crippen LogP contribution >= 0.6 is 0 Å². The van der Waals surface area contributed by atoms with E-state index in [1.54, 1.807) is 12.1 Å². The van der Waals surface area contributed by atoms with Crippen molar-refractivity contribution in [2.24, 2.45) is 11.5 Å². The normalized spacial score (nSPS) is 9.67. The molecule has 0 spiro atoms. The van der Waals surface area contributed by atoms with E-state index in [9.17, 15) is 4.79 Å². The molecular formula is C10H13N3O2. The van der Waals surface area contributed by atoms with Crippen molar-refractivity contribution in [3.05, 3.63) is 35.4 Å². The quantitative estimate of drug-likeness (QED) is 0.499. The van der Waals surface area contributed by atoms with Crippen LogP contribution in [0.4, 0.5) is 4.79 Å². The Morgan fingerprint density at radius 3 is 2.40 bits per heavy atom. The molecule has 5 heteroatoms. The molecule has 80 valence electrons. The zero-order chi connectivity index (χ0) is 11.3. The molecule has 1 aromatic carbocycles. The van der Waals surface area contributed by atoms with Gasteiger partial charge in [0.05, 0.1) is 0 Å². The fraction of sp³-hybridized carbons (Fsp3) is 0.200. The predicted molar refractivity (Wildman–Crippen MR) is 56.7 cm³/mol. The Morgan fingerprint density at radius 2 is 1.93 bits per heavy atom. The van der Waals surface area contributed by atoms with Gasteiger partial charge in [0.15, 0.2) is 0 Å². The summed E-state index contributed by atoms with van der Waals surface area (Å²) in [5.74, 6) is -0.248. The van der Waals surface area contributed by atoms with E-state index in [1.807, 2.05) is 12.1 Å². The number of nitrogens with two attached hydrogens (primary N) is 2. The molecule has 15 heavy (non-hydrogen) atoms. The maximum Gasteiger partial charge on any atom is 0.411 e. The van der Waals surface area contributed by atoms with Crippen LogP contribution in [0, 0.1) is 5.41 Å². The highest BCUT2D eigenvalue weighted by atomic mass is 16.6. The van der Waals surface area contributed by atoms with Crippen LogP contribution in [0.1, 0.15) is 11.1 Å². The summed E-state index contributed by atoms with van der Waals surface area (Å²) in [7, 11) is 0. The van der Waals surface area contributed by atoms with Crippen LogP contribution in [0.15, 0.2) is 24.3 Å². The Morgan fingerprint density at radius 1 is 1.33 bits per heavy atom. The second-order valence-electron chi connectivity index (χ2n) is 2.99. The molecule has 0 saturated heterocycles. The Bertz CT molecular complexity index is 359. The van der Waals surface area contributed by atoms with Crippen molar-refractivity contribution in [1.82, 2.24) is 0 Å². The second kappa shape index (κ2) is 5.11.